The van der Waals surface area contributed by atoms with Crippen molar-refractivity contribution in [3.05, 3.63) is 47.8 Å². The number of hydrogen-bond acceptors (Lipinski definition) is 3. The van der Waals surface area contributed by atoms with Crippen LogP contribution in [0.25, 0.3) is 21.1 Å². The van der Waals surface area contributed by atoms with Gasteiger partial charge in [-0.2, -0.15) is 0 Å². The molecule has 0 unspecified atom stereocenters. The first-order chi connectivity index (χ1) is 9.30. The Morgan fingerprint density at radius 2 is 1.32 bits per heavy atom. The second kappa shape index (κ2) is 4.70. The van der Waals surface area contributed by atoms with Gasteiger partial charge in [0.15, 0.2) is 12.6 Å². The molecule has 3 aromatic heterocycles. The fourth-order valence-corrected chi connectivity index (χ4v) is 2.83. The highest BCUT2D eigenvalue weighted by molar-refractivity contribution is 7.18. The van der Waals surface area contributed by atoms with E-state index in [1.165, 1.54) is 0 Å². The van der Waals surface area contributed by atoms with Crippen LogP contribution >= 0.6 is 11.3 Å². The second-order valence-corrected chi connectivity index (χ2v) is 5.18. The zero-order valence-corrected chi connectivity index (χ0v) is 10.7. The third-order valence-corrected chi connectivity index (χ3v) is 3.97. The molecule has 3 heterocycles. The lowest BCUT2D eigenvalue weighted by Gasteiger charge is -1.91. The van der Waals surface area contributed by atoms with E-state index >= 15 is 0 Å². The van der Waals surface area contributed by atoms with Gasteiger partial charge in [-0.05, 0) is 24.3 Å². The molecule has 4 nitrogen and oxygen atoms in total. The highest BCUT2D eigenvalue weighted by Crippen LogP contribution is 2.33. The number of aromatic amines is 2. The smallest absolute Gasteiger partial charge is 0.151 e. The maximum absolute atomic E-state index is 10.7. The molecule has 0 aliphatic heterocycles. The Labute approximate surface area is 113 Å². The molecule has 0 aliphatic carbocycles. The predicted molar refractivity (Wildman–Crippen MR) is 74.7 cm³/mol. The molecule has 5 heteroatoms. The van der Waals surface area contributed by atoms with Crippen molar-refractivity contribution in [3.8, 4) is 21.1 Å². The molecule has 0 fully saturated rings. The van der Waals surface area contributed by atoms with Crippen LogP contribution in [0.2, 0.25) is 0 Å². The summed E-state index contributed by atoms with van der Waals surface area (Å²) in [5, 5.41) is 0. The van der Waals surface area contributed by atoms with Crippen molar-refractivity contribution < 1.29 is 9.59 Å². The van der Waals surface area contributed by atoms with Crippen LogP contribution in [0, 0.1) is 0 Å². The third kappa shape index (κ3) is 2.15. The Morgan fingerprint density at radius 3 is 1.68 bits per heavy atom. The monoisotopic (exact) mass is 270 g/mol. The molecule has 0 amide bonds. The molecule has 0 saturated carbocycles. The van der Waals surface area contributed by atoms with E-state index in [1.807, 2.05) is 24.3 Å². The first-order valence-electron chi connectivity index (χ1n) is 5.68. The molecule has 3 rings (SSSR count). The topological polar surface area (TPSA) is 65.7 Å². The molecule has 19 heavy (non-hydrogen) atoms. The van der Waals surface area contributed by atoms with Crippen molar-refractivity contribution >= 4 is 23.9 Å². The molecule has 0 aliphatic rings. The van der Waals surface area contributed by atoms with Crippen LogP contribution in [0.4, 0.5) is 0 Å². The average molecular weight is 270 g/mol. The van der Waals surface area contributed by atoms with E-state index in [0.717, 1.165) is 33.7 Å². The predicted octanol–water partition coefficient (Wildman–Crippen LogP) is 3.36. The summed E-state index contributed by atoms with van der Waals surface area (Å²) in [5.74, 6) is 0. The van der Waals surface area contributed by atoms with Gasteiger partial charge < -0.3 is 9.97 Å². The van der Waals surface area contributed by atoms with Gasteiger partial charge in [0, 0.05) is 23.5 Å². The molecule has 0 saturated heterocycles. The number of carbonyl (C=O) groups is 2. The molecule has 94 valence electrons. The summed E-state index contributed by atoms with van der Waals surface area (Å²) in [5.41, 5.74) is 3.10. The summed E-state index contributed by atoms with van der Waals surface area (Å²) >= 11 is 1.59. The lowest BCUT2D eigenvalue weighted by atomic mass is 10.3. The molecule has 3 aromatic rings. The first-order valence-corrected chi connectivity index (χ1v) is 6.49. The summed E-state index contributed by atoms with van der Waals surface area (Å²) in [6.45, 7) is 0. The Bertz CT molecular complexity index is 675. The van der Waals surface area contributed by atoms with E-state index < -0.39 is 0 Å². The minimum Gasteiger partial charge on any atom is -0.360 e. The summed E-state index contributed by atoms with van der Waals surface area (Å²) in [6, 6.07) is 7.60. The molecule has 0 spiro atoms. The van der Waals surface area contributed by atoms with Crippen molar-refractivity contribution in [2.45, 2.75) is 0 Å². The normalized spacial score (nSPS) is 10.5. The number of aromatic nitrogens is 2. The van der Waals surface area contributed by atoms with Crippen LogP contribution in [0.5, 0.6) is 0 Å². The van der Waals surface area contributed by atoms with E-state index in [9.17, 15) is 9.59 Å². The summed E-state index contributed by atoms with van der Waals surface area (Å²) in [4.78, 5) is 29.5. The molecule has 2 N–H and O–H groups in total. The maximum atomic E-state index is 10.7. The summed E-state index contributed by atoms with van der Waals surface area (Å²) in [6.07, 6.45) is 4.99. The molecule has 0 bridgehead atoms. The summed E-state index contributed by atoms with van der Waals surface area (Å²) < 4.78 is 0. The van der Waals surface area contributed by atoms with Gasteiger partial charge >= 0.3 is 0 Å². The number of hydrogen-bond donors (Lipinski definition) is 2. The maximum Gasteiger partial charge on any atom is 0.151 e. The second-order valence-electron chi connectivity index (χ2n) is 4.09. The van der Waals surface area contributed by atoms with Crippen molar-refractivity contribution in [3.63, 3.8) is 0 Å². The van der Waals surface area contributed by atoms with Gasteiger partial charge in [0.05, 0.1) is 21.1 Å². The van der Waals surface area contributed by atoms with Gasteiger partial charge in [0.25, 0.3) is 0 Å². The largest absolute Gasteiger partial charge is 0.360 e. The van der Waals surface area contributed by atoms with Crippen molar-refractivity contribution in [1.82, 2.24) is 9.97 Å². The third-order valence-electron chi connectivity index (χ3n) is 2.82. The van der Waals surface area contributed by atoms with Crippen molar-refractivity contribution in [1.29, 1.82) is 0 Å². The van der Waals surface area contributed by atoms with Crippen LogP contribution in [-0.4, -0.2) is 22.5 Å². The first kappa shape index (κ1) is 11.7. The van der Waals surface area contributed by atoms with Crippen LogP contribution in [0.1, 0.15) is 20.7 Å². The van der Waals surface area contributed by atoms with Gasteiger partial charge in [0.2, 0.25) is 0 Å². The van der Waals surface area contributed by atoms with Crippen LogP contribution in [0.15, 0.2) is 36.7 Å². The molecule has 0 aromatic carbocycles. The van der Waals surface area contributed by atoms with Crippen LogP contribution in [-0.2, 0) is 0 Å². The standard InChI is InChI=1S/C14H10N2O2S/c17-7-9-3-11(15-5-9)13-1-2-14(19-13)12-4-10(8-18)6-16-12/h1-8,15-16H. The molecular formula is C14H10N2O2S. The lowest BCUT2D eigenvalue weighted by Crippen LogP contribution is -1.69. The fourth-order valence-electron chi connectivity index (χ4n) is 1.87. The van der Waals surface area contributed by atoms with E-state index in [0.29, 0.717) is 11.1 Å². The highest BCUT2D eigenvalue weighted by atomic mass is 32.1. The van der Waals surface area contributed by atoms with E-state index in [4.69, 9.17) is 0 Å². The molecule has 0 radical (unpaired) electrons. The lowest BCUT2D eigenvalue weighted by molar-refractivity contribution is 0.111. The fraction of sp³-hybridized carbons (Fsp3) is 0. The number of thiophene rings is 1. The number of aldehydes is 2. The average Bonchev–Trinajstić information content (AvgIpc) is 3.16. The van der Waals surface area contributed by atoms with E-state index in [2.05, 4.69) is 9.97 Å². The molecular weight excluding hydrogens is 260 g/mol. The van der Waals surface area contributed by atoms with Crippen molar-refractivity contribution in [2.24, 2.45) is 0 Å². The zero-order valence-electron chi connectivity index (χ0n) is 9.84. The summed E-state index contributed by atoms with van der Waals surface area (Å²) in [7, 11) is 0. The van der Waals surface area contributed by atoms with Crippen LogP contribution in [0.3, 0.4) is 0 Å². The number of H-pyrrole nitrogens is 2. The molecule has 0 atom stereocenters. The Balaban J connectivity index is 1.94. The minimum absolute atomic E-state index is 0.632. The van der Waals surface area contributed by atoms with Gasteiger partial charge in [-0.1, -0.05) is 0 Å². The highest BCUT2D eigenvalue weighted by Gasteiger charge is 2.08. The van der Waals surface area contributed by atoms with Crippen LogP contribution < -0.4 is 0 Å². The number of nitrogens with one attached hydrogen (secondary N) is 2. The Hall–Kier alpha value is -2.40. The van der Waals surface area contributed by atoms with E-state index in [-0.39, 0.29) is 0 Å². The van der Waals surface area contributed by atoms with Gasteiger partial charge in [-0.25, -0.2) is 0 Å². The Kier molecular flexibility index (Phi) is 2.89. The number of carbonyl (C=O) groups excluding carboxylic acids is 2. The van der Waals surface area contributed by atoms with Gasteiger partial charge in [-0.15, -0.1) is 11.3 Å². The number of rotatable bonds is 4. The van der Waals surface area contributed by atoms with Crippen molar-refractivity contribution in [2.75, 3.05) is 0 Å². The zero-order chi connectivity index (χ0) is 13.2. The Morgan fingerprint density at radius 1 is 0.842 bits per heavy atom. The SMILES string of the molecule is O=Cc1c[nH]c(-c2ccc(-c3cc(C=O)c[nH]3)s2)c1. The quantitative estimate of drug-likeness (QED) is 0.714. The van der Waals surface area contributed by atoms with Gasteiger partial charge in [-0.3, -0.25) is 9.59 Å². The van der Waals surface area contributed by atoms with Gasteiger partial charge in [0.1, 0.15) is 0 Å². The van der Waals surface area contributed by atoms with E-state index in [1.54, 1.807) is 23.7 Å². The minimum atomic E-state index is 0.632.